The van der Waals surface area contributed by atoms with Crippen LogP contribution in [0.25, 0.3) is 21.9 Å². The highest BCUT2D eigenvalue weighted by Gasteiger charge is 2.16. The second-order valence-corrected chi connectivity index (χ2v) is 7.34. The Kier molecular flexibility index (Phi) is 5.63. The van der Waals surface area contributed by atoms with Crippen molar-refractivity contribution in [2.45, 2.75) is 59.3 Å². The van der Waals surface area contributed by atoms with E-state index in [1.54, 1.807) is 0 Å². The van der Waals surface area contributed by atoms with E-state index in [0.717, 1.165) is 31.6 Å². The van der Waals surface area contributed by atoms with Gasteiger partial charge in [0.1, 0.15) is 5.75 Å². The summed E-state index contributed by atoms with van der Waals surface area (Å²) >= 11 is 0. The van der Waals surface area contributed by atoms with Crippen molar-refractivity contribution >= 4 is 10.8 Å². The standard InChI is InChI=1S/C24H30O/c1-5-7-13-25-23-16-19(17(3)4)11-12-21-15-20-10-9-18(8-6-2)14-22(20)24(21)23/h9-12,14-17H,5-8,13H2,1-4H3. The van der Waals surface area contributed by atoms with Gasteiger partial charge in [0.15, 0.2) is 0 Å². The van der Waals surface area contributed by atoms with Crippen molar-refractivity contribution in [3.05, 3.63) is 53.6 Å². The molecule has 0 aliphatic heterocycles. The quantitative estimate of drug-likeness (QED) is 0.415. The van der Waals surface area contributed by atoms with Crippen LogP contribution in [-0.2, 0) is 6.42 Å². The Morgan fingerprint density at radius 1 is 0.920 bits per heavy atom. The van der Waals surface area contributed by atoms with Crippen molar-refractivity contribution in [3.8, 4) is 16.9 Å². The molecule has 0 amide bonds. The summed E-state index contributed by atoms with van der Waals surface area (Å²) in [6, 6.07) is 16.0. The maximum absolute atomic E-state index is 6.28. The molecule has 2 aliphatic carbocycles. The molecule has 1 nitrogen and oxygen atoms in total. The summed E-state index contributed by atoms with van der Waals surface area (Å²) in [6.45, 7) is 9.72. The number of hydrogen-bond donors (Lipinski definition) is 0. The zero-order valence-corrected chi connectivity index (χ0v) is 16.1. The van der Waals surface area contributed by atoms with Gasteiger partial charge in [-0.3, -0.25) is 0 Å². The molecule has 0 radical (unpaired) electrons. The number of unbranched alkanes of at least 4 members (excludes halogenated alkanes) is 1. The maximum Gasteiger partial charge on any atom is 0.128 e. The first-order valence-electron chi connectivity index (χ1n) is 9.76. The van der Waals surface area contributed by atoms with Gasteiger partial charge in [-0.1, -0.05) is 70.9 Å². The zero-order valence-electron chi connectivity index (χ0n) is 16.1. The molecule has 0 fully saturated rings. The Morgan fingerprint density at radius 2 is 1.76 bits per heavy atom. The number of rotatable bonds is 7. The molecule has 3 rings (SSSR count). The summed E-state index contributed by atoms with van der Waals surface area (Å²) in [5.41, 5.74) is 5.30. The number of benzene rings is 1. The van der Waals surface area contributed by atoms with Crippen molar-refractivity contribution in [3.63, 3.8) is 0 Å². The Hall–Kier alpha value is -2.02. The van der Waals surface area contributed by atoms with Gasteiger partial charge in [0.05, 0.1) is 6.61 Å². The first-order valence-corrected chi connectivity index (χ1v) is 9.76. The monoisotopic (exact) mass is 334 g/mol. The van der Waals surface area contributed by atoms with Crippen LogP contribution in [0.4, 0.5) is 0 Å². The van der Waals surface area contributed by atoms with Gasteiger partial charge >= 0.3 is 0 Å². The van der Waals surface area contributed by atoms with E-state index in [1.807, 2.05) is 0 Å². The van der Waals surface area contributed by atoms with Gasteiger partial charge < -0.3 is 4.74 Å². The Labute approximate surface area is 152 Å². The van der Waals surface area contributed by atoms with Gasteiger partial charge in [-0.25, -0.2) is 0 Å². The average Bonchev–Trinajstić information content (AvgIpc) is 2.84. The lowest BCUT2D eigenvalue weighted by Crippen LogP contribution is -1.97. The molecule has 25 heavy (non-hydrogen) atoms. The third-order valence-electron chi connectivity index (χ3n) is 4.95. The molecule has 0 saturated carbocycles. The topological polar surface area (TPSA) is 9.23 Å². The largest absolute Gasteiger partial charge is 0.493 e. The molecule has 0 N–H and O–H groups in total. The molecular weight excluding hydrogens is 304 g/mol. The van der Waals surface area contributed by atoms with Gasteiger partial charge in [-0.15, -0.1) is 0 Å². The second kappa shape index (κ2) is 7.91. The number of ether oxygens (including phenoxy) is 1. The summed E-state index contributed by atoms with van der Waals surface area (Å²) in [6.07, 6.45) is 4.55. The first kappa shape index (κ1) is 17.8. The Balaban J connectivity index is 2.19. The van der Waals surface area contributed by atoms with Crippen LogP contribution in [0, 0.1) is 0 Å². The third kappa shape index (κ3) is 3.81. The zero-order chi connectivity index (χ0) is 17.8. The normalized spacial score (nSPS) is 11.6. The molecule has 1 aromatic carbocycles. The molecule has 0 aromatic heterocycles. The molecule has 132 valence electrons. The molecule has 0 bridgehead atoms. The van der Waals surface area contributed by atoms with E-state index in [2.05, 4.69) is 70.2 Å². The van der Waals surface area contributed by atoms with Gasteiger partial charge in [-0.05, 0) is 58.4 Å². The van der Waals surface area contributed by atoms with Crippen LogP contribution in [0.5, 0.6) is 5.75 Å². The third-order valence-corrected chi connectivity index (χ3v) is 4.95. The summed E-state index contributed by atoms with van der Waals surface area (Å²) in [5.74, 6) is 1.53. The van der Waals surface area contributed by atoms with E-state index in [9.17, 15) is 0 Å². The molecule has 0 atom stereocenters. The van der Waals surface area contributed by atoms with Gasteiger partial charge in [0.2, 0.25) is 0 Å². The minimum atomic E-state index is 0.493. The fraction of sp³-hybridized carbons (Fsp3) is 0.417. The lowest BCUT2D eigenvalue weighted by Gasteiger charge is -2.10. The van der Waals surface area contributed by atoms with E-state index in [-0.39, 0.29) is 0 Å². The summed E-state index contributed by atoms with van der Waals surface area (Å²) < 4.78 is 6.28. The number of aryl methyl sites for hydroxylation is 1. The highest BCUT2D eigenvalue weighted by Crippen LogP contribution is 2.42. The van der Waals surface area contributed by atoms with E-state index in [0.29, 0.717) is 5.92 Å². The molecule has 0 heterocycles. The highest BCUT2D eigenvalue weighted by atomic mass is 16.5. The van der Waals surface area contributed by atoms with Crippen LogP contribution in [0.1, 0.15) is 64.0 Å². The minimum Gasteiger partial charge on any atom is -0.493 e. The van der Waals surface area contributed by atoms with Crippen molar-refractivity contribution in [1.29, 1.82) is 0 Å². The van der Waals surface area contributed by atoms with E-state index in [1.165, 1.54) is 39.4 Å². The smallest absolute Gasteiger partial charge is 0.128 e. The maximum atomic E-state index is 6.28. The molecule has 1 heteroatoms. The fourth-order valence-electron chi connectivity index (χ4n) is 3.45. The van der Waals surface area contributed by atoms with Crippen molar-refractivity contribution in [2.75, 3.05) is 6.61 Å². The lowest BCUT2D eigenvalue weighted by atomic mass is 10.0. The SMILES string of the molecule is CCCCOc1cc(C(C)C)ccc2cc3ccc(CCC)cc3c1-2. The van der Waals surface area contributed by atoms with Gasteiger partial charge in [-0.2, -0.15) is 0 Å². The van der Waals surface area contributed by atoms with E-state index in [4.69, 9.17) is 4.74 Å². The number of fused-ring (bicyclic) bond motifs is 3. The van der Waals surface area contributed by atoms with Gasteiger partial charge in [0, 0.05) is 5.56 Å². The molecule has 2 aliphatic rings. The Morgan fingerprint density at radius 3 is 2.48 bits per heavy atom. The van der Waals surface area contributed by atoms with Crippen molar-refractivity contribution in [2.24, 2.45) is 0 Å². The van der Waals surface area contributed by atoms with Crippen molar-refractivity contribution in [1.82, 2.24) is 0 Å². The highest BCUT2D eigenvalue weighted by molar-refractivity contribution is 6.04. The first-order chi connectivity index (χ1) is 12.1. The summed E-state index contributed by atoms with van der Waals surface area (Å²) in [5, 5.41) is 2.64. The minimum absolute atomic E-state index is 0.493. The van der Waals surface area contributed by atoms with Crippen LogP contribution in [0.15, 0.2) is 42.5 Å². The molecule has 0 spiro atoms. The predicted molar refractivity (Wildman–Crippen MR) is 109 cm³/mol. The molecule has 1 aromatic rings. The van der Waals surface area contributed by atoms with Crippen LogP contribution < -0.4 is 4.74 Å². The van der Waals surface area contributed by atoms with Crippen molar-refractivity contribution < 1.29 is 4.74 Å². The summed E-state index contributed by atoms with van der Waals surface area (Å²) in [4.78, 5) is 0. The average molecular weight is 335 g/mol. The fourth-order valence-corrected chi connectivity index (χ4v) is 3.45. The molecular formula is C24H30O. The van der Waals surface area contributed by atoms with Crippen LogP contribution in [-0.4, -0.2) is 6.61 Å². The predicted octanol–water partition coefficient (Wildman–Crippen LogP) is 7.20. The van der Waals surface area contributed by atoms with E-state index >= 15 is 0 Å². The Bertz CT molecular complexity index is 816. The van der Waals surface area contributed by atoms with Crippen LogP contribution in [0.2, 0.25) is 0 Å². The molecule has 0 saturated heterocycles. The van der Waals surface area contributed by atoms with E-state index < -0.39 is 0 Å². The molecule has 0 unspecified atom stereocenters. The van der Waals surface area contributed by atoms with Crippen LogP contribution in [0.3, 0.4) is 0 Å². The number of hydrogen-bond acceptors (Lipinski definition) is 1. The van der Waals surface area contributed by atoms with Gasteiger partial charge in [0.25, 0.3) is 0 Å². The second-order valence-electron chi connectivity index (χ2n) is 7.34. The van der Waals surface area contributed by atoms with Crippen LogP contribution >= 0.6 is 0 Å². The summed E-state index contributed by atoms with van der Waals surface area (Å²) in [7, 11) is 0. The lowest BCUT2D eigenvalue weighted by molar-refractivity contribution is 0.311.